The van der Waals surface area contributed by atoms with Crippen LogP contribution in [0.4, 0.5) is 5.82 Å². The van der Waals surface area contributed by atoms with Gasteiger partial charge in [-0.05, 0) is 25.0 Å². The zero-order valence-corrected chi connectivity index (χ0v) is 10.2. The molecule has 0 N–H and O–H groups in total. The van der Waals surface area contributed by atoms with Crippen molar-refractivity contribution in [1.82, 2.24) is 4.98 Å². The zero-order chi connectivity index (χ0) is 11.7. The molecular weight excluding hydrogens is 216 g/mol. The van der Waals surface area contributed by atoms with Crippen molar-refractivity contribution in [3.8, 4) is 0 Å². The molecule has 4 heteroatoms. The normalized spacial score (nSPS) is 23.2. The van der Waals surface area contributed by atoms with Gasteiger partial charge in [-0.3, -0.25) is 0 Å². The molecule has 1 aromatic heterocycles. The highest BCUT2D eigenvalue weighted by atomic mass is 16.7. The third-order valence-electron chi connectivity index (χ3n) is 3.51. The lowest BCUT2D eigenvalue weighted by molar-refractivity contribution is -0.161. The molecule has 0 atom stereocenters. The van der Waals surface area contributed by atoms with Crippen molar-refractivity contribution in [3.05, 3.63) is 23.9 Å². The fourth-order valence-corrected chi connectivity index (χ4v) is 2.71. The van der Waals surface area contributed by atoms with Crippen molar-refractivity contribution in [2.45, 2.75) is 25.6 Å². The highest BCUT2D eigenvalue weighted by molar-refractivity contribution is 5.46. The van der Waals surface area contributed by atoms with Gasteiger partial charge >= 0.3 is 0 Å². The maximum atomic E-state index is 5.78. The van der Waals surface area contributed by atoms with Crippen LogP contribution in [0.2, 0.25) is 0 Å². The van der Waals surface area contributed by atoms with Gasteiger partial charge in [-0.1, -0.05) is 6.07 Å². The third kappa shape index (κ3) is 2.03. The molecule has 2 fully saturated rings. The number of pyridine rings is 1. The summed E-state index contributed by atoms with van der Waals surface area (Å²) in [7, 11) is 0. The van der Waals surface area contributed by atoms with Crippen LogP contribution in [0, 0.1) is 6.92 Å². The van der Waals surface area contributed by atoms with E-state index in [-0.39, 0.29) is 5.79 Å². The summed E-state index contributed by atoms with van der Waals surface area (Å²) < 4.78 is 11.6. The van der Waals surface area contributed by atoms with E-state index in [1.165, 1.54) is 5.56 Å². The molecule has 0 saturated carbocycles. The zero-order valence-electron chi connectivity index (χ0n) is 10.2. The van der Waals surface area contributed by atoms with Crippen molar-refractivity contribution in [2.24, 2.45) is 0 Å². The quantitative estimate of drug-likeness (QED) is 0.741. The van der Waals surface area contributed by atoms with Crippen LogP contribution in [0.1, 0.15) is 18.4 Å². The Bertz CT molecular complexity index is 402. The molecule has 0 radical (unpaired) electrons. The molecule has 0 aliphatic carbocycles. The summed E-state index contributed by atoms with van der Waals surface area (Å²) in [4.78, 5) is 6.75. The van der Waals surface area contributed by atoms with Gasteiger partial charge < -0.3 is 14.4 Å². The van der Waals surface area contributed by atoms with Gasteiger partial charge in [-0.15, -0.1) is 0 Å². The maximum Gasteiger partial charge on any atom is 0.186 e. The first-order valence-corrected chi connectivity index (χ1v) is 6.24. The number of hydrogen-bond acceptors (Lipinski definition) is 4. The fraction of sp³-hybridized carbons (Fsp3) is 0.615. The second-order valence-corrected chi connectivity index (χ2v) is 4.78. The number of rotatable bonds is 1. The molecule has 2 saturated heterocycles. The van der Waals surface area contributed by atoms with E-state index in [1.54, 1.807) is 0 Å². The van der Waals surface area contributed by atoms with Gasteiger partial charge in [-0.2, -0.15) is 0 Å². The van der Waals surface area contributed by atoms with Crippen LogP contribution in [-0.4, -0.2) is 37.1 Å². The first kappa shape index (κ1) is 11.0. The number of nitrogens with zero attached hydrogens (tertiary/aromatic N) is 2. The van der Waals surface area contributed by atoms with Crippen LogP contribution in [0.3, 0.4) is 0 Å². The fourth-order valence-electron chi connectivity index (χ4n) is 2.71. The smallest absolute Gasteiger partial charge is 0.186 e. The summed E-state index contributed by atoms with van der Waals surface area (Å²) in [6, 6.07) is 4.07. The molecule has 3 heterocycles. The van der Waals surface area contributed by atoms with Crippen LogP contribution in [0.5, 0.6) is 0 Å². The van der Waals surface area contributed by atoms with E-state index < -0.39 is 0 Å². The molecule has 3 rings (SSSR count). The summed E-state index contributed by atoms with van der Waals surface area (Å²) in [6.45, 7) is 5.36. The van der Waals surface area contributed by atoms with E-state index in [0.29, 0.717) is 0 Å². The Labute approximate surface area is 102 Å². The minimum absolute atomic E-state index is 0.373. The van der Waals surface area contributed by atoms with Gasteiger partial charge in [0.05, 0.1) is 19.8 Å². The molecule has 0 bridgehead atoms. The summed E-state index contributed by atoms with van der Waals surface area (Å²) in [5, 5.41) is 0. The van der Waals surface area contributed by atoms with E-state index in [0.717, 1.165) is 45.0 Å². The first-order chi connectivity index (χ1) is 8.29. The van der Waals surface area contributed by atoms with Crippen molar-refractivity contribution >= 4 is 5.82 Å². The van der Waals surface area contributed by atoms with E-state index in [2.05, 4.69) is 22.9 Å². The Morgan fingerprint density at radius 3 is 2.94 bits per heavy atom. The highest BCUT2D eigenvalue weighted by Crippen LogP contribution is 2.32. The molecule has 4 nitrogen and oxygen atoms in total. The Balaban J connectivity index is 1.82. The summed E-state index contributed by atoms with van der Waals surface area (Å²) >= 11 is 0. The number of hydrogen-bond donors (Lipinski definition) is 0. The van der Waals surface area contributed by atoms with Crippen LogP contribution >= 0.6 is 0 Å². The second-order valence-electron chi connectivity index (χ2n) is 4.78. The summed E-state index contributed by atoms with van der Waals surface area (Å²) in [5.74, 6) is 0.688. The molecule has 17 heavy (non-hydrogen) atoms. The highest BCUT2D eigenvalue weighted by Gasteiger charge is 2.41. The molecule has 92 valence electrons. The van der Waals surface area contributed by atoms with Gasteiger partial charge in [0, 0.05) is 19.2 Å². The molecule has 0 amide bonds. The van der Waals surface area contributed by atoms with E-state index in [4.69, 9.17) is 9.47 Å². The third-order valence-corrected chi connectivity index (χ3v) is 3.51. The Hall–Kier alpha value is -1.13. The van der Waals surface area contributed by atoms with E-state index in [1.807, 2.05) is 12.3 Å². The van der Waals surface area contributed by atoms with Gasteiger partial charge in [-0.25, -0.2) is 4.98 Å². The molecule has 1 spiro atoms. The Morgan fingerprint density at radius 1 is 1.35 bits per heavy atom. The molecular formula is C13H18N2O2. The number of aryl methyl sites for hydroxylation is 1. The van der Waals surface area contributed by atoms with E-state index >= 15 is 0 Å². The molecule has 1 aromatic rings. The van der Waals surface area contributed by atoms with Gasteiger partial charge in [0.2, 0.25) is 0 Å². The van der Waals surface area contributed by atoms with Gasteiger partial charge in [0.15, 0.2) is 5.79 Å². The average Bonchev–Trinajstić information content (AvgIpc) is 2.78. The summed E-state index contributed by atoms with van der Waals surface area (Å²) in [6.07, 6.45) is 3.94. The maximum absolute atomic E-state index is 5.78. The van der Waals surface area contributed by atoms with Crippen LogP contribution in [-0.2, 0) is 9.47 Å². The summed E-state index contributed by atoms with van der Waals surface area (Å²) in [5.41, 5.74) is 1.21. The Morgan fingerprint density at radius 2 is 2.18 bits per heavy atom. The first-order valence-electron chi connectivity index (χ1n) is 6.24. The number of ether oxygens (including phenoxy) is 2. The monoisotopic (exact) mass is 234 g/mol. The topological polar surface area (TPSA) is 34.6 Å². The molecule has 2 aliphatic rings. The van der Waals surface area contributed by atoms with Crippen LogP contribution in [0.25, 0.3) is 0 Å². The van der Waals surface area contributed by atoms with Crippen molar-refractivity contribution in [3.63, 3.8) is 0 Å². The van der Waals surface area contributed by atoms with Crippen molar-refractivity contribution < 1.29 is 9.47 Å². The van der Waals surface area contributed by atoms with Crippen molar-refractivity contribution in [2.75, 3.05) is 31.2 Å². The standard InChI is InChI=1S/C13H18N2O2/c1-11-4-2-6-14-12(11)15-7-3-5-13(10-15)16-8-9-17-13/h2,4,6H,3,5,7-10H2,1H3. The number of piperidine rings is 1. The predicted molar refractivity (Wildman–Crippen MR) is 65.1 cm³/mol. The van der Waals surface area contributed by atoms with Crippen molar-refractivity contribution in [1.29, 1.82) is 0 Å². The molecule has 2 aliphatic heterocycles. The lowest BCUT2D eigenvalue weighted by Crippen LogP contribution is -2.49. The minimum atomic E-state index is -0.373. The Kier molecular flexibility index (Phi) is 2.76. The largest absolute Gasteiger partial charge is 0.351 e. The molecule has 0 aromatic carbocycles. The average molecular weight is 234 g/mol. The number of anilines is 1. The minimum Gasteiger partial charge on any atom is -0.351 e. The van der Waals surface area contributed by atoms with Crippen LogP contribution < -0.4 is 4.90 Å². The van der Waals surface area contributed by atoms with Gasteiger partial charge in [0.1, 0.15) is 5.82 Å². The lowest BCUT2D eigenvalue weighted by atomic mass is 10.0. The second kappa shape index (κ2) is 4.27. The molecule has 0 unspecified atom stereocenters. The van der Waals surface area contributed by atoms with E-state index in [9.17, 15) is 0 Å². The lowest BCUT2D eigenvalue weighted by Gasteiger charge is -2.39. The van der Waals surface area contributed by atoms with Crippen LogP contribution in [0.15, 0.2) is 18.3 Å². The predicted octanol–water partition coefficient (Wildman–Crippen LogP) is 1.73. The van der Waals surface area contributed by atoms with Gasteiger partial charge in [0.25, 0.3) is 0 Å². The SMILES string of the molecule is Cc1cccnc1N1CCCC2(C1)OCCO2. The number of aromatic nitrogens is 1.